The number of piperidine rings is 1. The molecule has 0 spiro atoms. The third kappa shape index (κ3) is 3.05. The van der Waals surface area contributed by atoms with Gasteiger partial charge >= 0.3 is 0 Å². The first-order valence-electron chi connectivity index (χ1n) is 8.00. The summed E-state index contributed by atoms with van der Waals surface area (Å²) in [4.78, 5) is 14.5. The number of carbonyl (C=O) groups is 1. The molecule has 0 radical (unpaired) electrons. The van der Waals surface area contributed by atoms with E-state index in [4.69, 9.17) is 10.5 Å². The van der Waals surface area contributed by atoms with Crippen molar-refractivity contribution in [1.82, 2.24) is 4.90 Å². The molecule has 4 nitrogen and oxygen atoms in total. The number of ether oxygens (including phenoxy) is 1. The molecule has 1 aromatic carbocycles. The van der Waals surface area contributed by atoms with Crippen molar-refractivity contribution in [3.63, 3.8) is 0 Å². The van der Waals surface area contributed by atoms with Crippen LogP contribution >= 0.6 is 0 Å². The predicted octanol–water partition coefficient (Wildman–Crippen LogP) is 2.32. The van der Waals surface area contributed by atoms with Crippen LogP contribution in [0.2, 0.25) is 0 Å². The van der Waals surface area contributed by atoms with Gasteiger partial charge in [0.25, 0.3) is 5.91 Å². The second-order valence-corrected chi connectivity index (χ2v) is 6.09. The van der Waals surface area contributed by atoms with Crippen molar-refractivity contribution in [2.75, 3.05) is 13.2 Å². The predicted molar refractivity (Wildman–Crippen MR) is 81.9 cm³/mol. The molecule has 2 fully saturated rings. The molecule has 1 saturated carbocycles. The van der Waals surface area contributed by atoms with E-state index in [2.05, 4.69) is 4.90 Å². The summed E-state index contributed by atoms with van der Waals surface area (Å²) in [6.07, 6.45) is 6.12. The zero-order valence-electron chi connectivity index (χ0n) is 12.5. The monoisotopic (exact) mass is 288 g/mol. The van der Waals surface area contributed by atoms with Crippen LogP contribution in [0.1, 0.15) is 37.7 Å². The van der Waals surface area contributed by atoms with Crippen molar-refractivity contribution in [2.45, 2.75) is 44.7 Å². The number of hydrogen-bond acceptors (Lipinski definition) is 3. The number of rotatable bonds is 4. The summed E-state index contributed by atoms with van der Waals surface area (Å²) in [7, 11) is 0. The Labute approximate surface area is 126 Å². The second-order valence-electron chi connectivity index (χ2n) is 6.09. The van der Waals surface area contributed by atoms with Crippen LogP contribution in [-0.2, 0) is 11.3 Å². The molecule has 0 bridgehead atoms. The molecule has 1 amide bonds. The van der Waals surface area contributed by atoms with E-state index in [1.165, 1.54) is 19.3 Å². The fraction of sp³-hybridized carbons (Fsp3) is 0.588. The molecule has 114 valence electrons. The minimum Gasteiger partial charge on any atom is -0.483 e. The molecule has 21 heavy (non-hydrogen) atoms. The van der Waals surface area contributed by atoms with Gasteiger partial charge in [-0.1, -0.05) is 24.6 Å². The van der Waals surface area contributed by atoms with Crippen LogP contribution < -0.4 is 10.5 Å². The quantitative estimate of drug-likeness (QED) is 0.925. The van der Waals surface area contributed by atoms with Crippen LogP contribution in [0.25, 0.3) is 0 Å². The molecule has 1 aromatic rings. The molecule has 1 aliphatic carbocycles. The molecular formula is C17H24N2O2. The Kier molecular flexibility index (Phi) is 4.44. The molecule has 2 aliphatic rings. The molecule has 1 aliphatic heterocycles. The van der Waals surface area contributed by atoms with Crippen molar-refractivity contribution in [1.29, 1.82) is 0 Å². The van der Waals surface area contributed by atoms with E-state index >= 15 is 0 Å². The Balaban J connectivity index is 1.61. The number of nitrogens with zero attached hydrogens (tertiary/aromatic N) is 1. The van der Waals surface area contributed by atoms with Gasteiger partial charge in [0.15, 0.2) is 6.61 Å². The van der Waals surface area contributed by atoms with Gasteiger partial charge in [-0.2, -0.15) is 0 Å². The highest BCUT2D eigenvalue weighted by atomic mass is 16.5. The van der Waals surface area contributed by atoms with Gasteiger partial charge in [-0.15, -0.1) is 0 Å². The minimum atomic E-state index is 0.124. The summed E-state index contributed by atoms with van der Waals surface area (Å²) in [5.41, 5.74) is 6.64. The van der Waals surface area contributed by atoms with E-state index in [0.717, 1.165) is 36.6 Å². The summed E-state index contributed by atoms with van der Waals surface area (Å²) in [5.74, 6) is 1.57. The lowest BCUT2D eigenvalue weighted by atomic mass is 9.92. The third-order valence-electron chi connectivity index (χ3n) is 4.86. The normalized spacial score (nSPS) is 24.7. The smallest absolute Gasteiger partial charge is 0.260 e. The topological polar surface area (TPSA) is 55.6 Å². The Morgan fingerprint density at radius 2 is 2.05 bits per heavy atom. The van der Waals surface area contributed by atoms with E-state index in [-0.39, 0.29) is 12.5 Å². The summed E-state index contributed by atoms with van der Waals surface area (Å²) >= 11 is 0. The maximum Gasteiger partial charge on any atom is 0.260 e. The molecule has 1 heterocycles. The van der Waals surface area contributed by atoms with E-state index in [1.54, 1.807) is 0 Å². The molecule has 2 N–H and O–H groups in total. The van der Waals surface area contributed by atoms with Crippen molar-refractivity contribution in [3.8, 4) is 5.75 Å². The fourth-order valence-corrected chi connectivity index (χ4v) is 3.80. The Hall–Kier alpha value is -1.55. The highest BCUT2D eigenvalue weighted by molar-refractivity contribution is 5.78. The van der Waals surface area contributed by atoms with Crippen LogP contribution in [0.4, 0.5) is 0 Å². The highest BCUT2D eigenvalue weighted by Gasteiger charge is 2.37. The number of nitrogens with two attached hydrogens (primary N) is 1. The summed E-state index contributed by atoms with van der Waals surface area (Å²) < 4.78 is 5.72. The van der Waals surface area contributed by atoms with E-state index in [0.29, 0.717) is 12.6 Å². The Bertz CT molecular complexity index is 503. The molecule has 1 saturated heterocycles. The molecule has 0 aromatic heterocycles. The average molecular weight is 288 g/mol. The lowest BCUT2D eigenvalue weighted by Crippen LogP contribution is -2.48. The van der Waals surface area contributed by atoms with Crippen molar-refractivity contribution in [3.05, 3.63) is 29.8 Å². The summed E-state index contributed by atoms with van der Waals surface area (Å²) in [5, 5.41) is 0. The third-order valence-corrected chi connectivity index (χ3v) is 4.86. The van der Waals surface area contributed by atoms with Gasteiger partial charge in [-0.3, -0.25) is 4.79 Å². The number of likely N-dealkylation sites (tertiary alicyclic amines) is 1. The lowest BCUT2D eigenvalue weighted by Gasteiger charge is -2.37. The Morgan fingerprint density at radius 1 is 1.24 bits per heavy atom. The molecule has 3 rings (SSSR count). The van der Waals surface area contributed by atoms with E-state index in [9.17, 15) is 4.79 Å². The van der Waals surface area contributed by atoms with Crippen LogP contribution in [0.5, 0.6) is 5.75 Å². The summed E-state index contributed by atoms with van der Waals surface area (Å²) in [6.45, 7) is 1.45. The van der Waals surface area contributed by atoms with Gasteiger partial charge in [-0.25, -0.2) is 0 Å². The maximum atomic E-state index is 12.5. The van der Waals surface area contributed by atoms with Crippen LogP contribution in [0.15, 0.2) is 24.3 Å². The molecule has 2 unspecified atom stereocenters. The van der Waals surface area contributed by atoms with Crippen molar-refractivity contribution in [2.24, 2.45) is 11.7 Å². The number of amides is 1. The summed E-state index contributed by atoms with van der Waals surface area (Å²) in [6, 6.07) is 8.12. The number of carbonyl (C=O) groups excluding carboxylic acids is 1. The van der Waals surface area contributed by atoms with Crippen LogP contribution in [-0.4, -0.2) is 30.0 Å². The first-order valence-corrected chi connectivity index (χ1v) is 8.00. The number of hydrogen-bond donors (Lipinski definition) is 1. The highest BCUT2D eigenvalue weighted by Crippen LogP contribution is 2.36. The SMILES string of the molecule is NCc1ccccc1OCC(=O)N1CCCC2CCCC21. The largest absolute Gasteiger partial charge is 0.483 e. The number of fused-ring (bicyclic) bond motifs is 1. The van der Waals surface area contributed by atoms with Gasteiger partial charge in [0, 0.05) is 24.7 Å². The number of para-hydroxylation sites is 1. The number of benzene rings is 1. The first kappa shape index (κ1) is 14.4. The van der Waals surface area contributed by atoms with E-state index in [1.807, 2.05) is 24.3 Å². The standard InChI is InChI=1S/C17H24N2O2/c18-11-14-5-1-2-9-16(14)21-12-17(20)19-10-4-7-13-6-3-8-15(13)19/h1-2,5,9,13,15H,3-4,6-8,10-12,18H2. The maximum absolute atomic E-state index is 12.5. The minimum absolute atomic E-state index is 0.124. The molecular weight excluding hydrogens is 264 g/mol. The second kappa shape index (κ2) is 6.48. The van der Waals surface area contributed by atoms with Gasteiger partial charge in [-0.05, 0) is 37.7 Å². The van der Waals surface area contributed by atoms with Crippen LogP contribution in [0.3, 0.4) is 0 Å². The fourth-order valence-electron chi connectivity index (χ4n) is 3.80. The Morgan fingerprint density at radius 3 is 2.90 bits per heavy atom. The zero-order valence-corrected chi connectivity index (χ0v) is 12.5. The van der Waals surface area contributed by atoms with Gasteiger partial charge in [0.2, 0.25) is 0 Å². The van der Waals surface area contributed by atoms with Gasteiger partial charge < -0.3 is 15.4 Å². The first-order chi connectivity index (χ1) is 10.3. The molecule has 2 atom stereocenters. The lowest BCUT2D eigenvalue weighted by molar-refractivity contribution is -0.138. The van der Waals surface area contributed by atoms with Crippen molar-refractivity contribution >= 4 is 5.91 Å². The van der Waals surface area contributed by atoms with Gasteiger partial charge in [0.1, 0.15) is 5.75 Å². The van der Waals surface area contributed by atoms with Gasteiger partial charge in [0.05, 0.1) is 0 Å². The molecule has 4 heteroatoms. The average Bonchev–Trinajstić information content (AvgIpc) is 3.01. The van der Waals surface area contributed by atoms with Crippen molar-refractivity contribution < 1.29 is 9.53 Å². The van der Waals surface area contributed by atoms with E-state index < -0.39 is 0 Å². The zero-order chi connectivity index (χ0) is 14.7. The van der Waals surface area contributed by atoms with Crippen LogP contribution in [0, 0.1) is 5.92 Å².